The van der Waals surface area contributed by atoms with Gasteiger partial charge in [0.1, 0.15) is 11.2 Å². The van der Waals surface area contributed by atoms with Crippen molar-refractivity contribution < 1.29 is 8.83 Å². The lowest BCUT2D eigenvalue weighted by Crippen LogP contribution is -2.30. The van der Waals surface area contributed by atoms with Gasteiger partial charge in [0, 0.05) is 43.7 Å². The van der Waals surface area contributed by atoms with E-state index in [0.29, 0.717) is 0 Å². The van der Waals surface area contributed by atoms with Crippen molar-refractivity contribution >= 4 is 99.5 Å². The first-order valence-electron chi connectivity index (χ1n) is 20.9. The summed E-state index contributed by atoms with van der Waals surface area (Å²) in [6.45, 7) is 9.38. The van der Waals surface area contributed by atoms with Crippen LogP contribution in [0.4, 0.5) is 34.1 Å². The summed E-state index contributed by atoms with van der Waals surface area (Å²) in [5.74, 6) is 0. The molecule has 0 bridgehead atoms. The molecule has 9 aromatic carbocycles. The van der Waals surface area contributed by atoms with E-state index in [4.69, 9.17) is 8.83 Å². The summed E-state index contributed by atoms with van der Waals surface area (Å²) in [5, 5.41) is 9.15. The van der Waals surface area contributed by atoms with E-state index in [1.807, 2.05) is 0 Å². The van der Waals surface area contributed by atoms with Crippen molar-refractivity contribution in [2.45, 2.75) is 38.5 Å². The Hall–Kier alpha value is -7.30. The number of fused-ring (bicyclic) bond motifs is 14. The molecule has 4 heteroatoms. The maximum absolute atomic E-state index is 7.15. The molecule has 0 radical (unpaired) electrons. The minimum absolute atomic E-state index is 0.278. The number of rotatable bonds is 2. The van der Waals surface area contributed by atoms with E-state index in [1.54, 1.807) is 0 Å². The molecular formula is C56H40N2O2. The van der Waals surface area contributed by atoms with Gasteiger partial charge in [0.25, 0.3) is 0 Å². The number of hydrogen-bond acceptors (Lipinski definition) is 4. The largest absolute Gasteiger partial charge is 0.454 e. The van der Waals surface area contributed by atoms with Crippen LogP contribution in [0, 0.1) is 0 Å². The maximum atomic E-state index is 7.15. The van der Waals surface area contributed by atoms with Gasteiger partial charge < -0.3 is 18.6 Å². The standard InChI is InChI=1S/C56H40N2O2/c1-55(2)43-25-23-39-41-31-50-42(32-49(41)59-53(39)51(43)57(37-19-7-5-8-20-37)47-29-35-17-13-11-15-33(35)27-45(47)55)40-24-26-44-52(54(40)60-50)58(38-21-9-6-10-22-38)48-30-36-18-14-12-16-34(36)28-46(48)56(44,3)4/h5-32H,1-4H3. The van der Waals surface area contributed by atoms with E-state index in [2.05, 4.69) is 207 Å². The molecule has 2 aliphatic heterocycles. The van der Waals surface area contributed by atoms with Crippen LogP contribution in [-0.2, 0) is 10.8 Å². The zero-order valence-electron chi connectivity index (χ0n) is 33.9. The Morgan fingerprint density at radius 1 is 0.350 bits per heavy atom. The highest BCUT2D eigenvalue weighted by atomic mass is 16.3. The zero-order valence-corrected chi connectivity index (χ0v) is 33.9. The first-order chi connectivity index (χ1) is 29.3. The molecule has 0 aliphatic carbocycles. The van der Waals surface area contributed by atoms with Gasteiger partial charge in [-0.2, -0.15) is 0 Å². The van der Waals surface area contributed by atoms with E-state index in [-0.39, 0.29) is 10.8 Å². The van der Waals surface area contributed by atoms with Gasteiger partial charge in [-0.1, -0.05) is 137 Å². The van der Waals surface area contributed by atoms with Gasteiger partial charge in [0.15, 0.2) is 11.2 Å². The zero-order chi connectivity index (χ0) is 40.1. The van der Waals surface area contributed by atoms with Crippen molar-refractivity contribution in [3.8, 4) is 0 Å². The molecule has 0 saturated heterocycles. The molecule has 0 spiro atoms. The van der Waals surface area contributed by atoms with Crippen LogP contribution >= 0.6 is 0 Å². The Balaban J connectivity index is 1.06. The molecule has 0 fully saturated rings. The Bertz CT molecular complexity index is 3370. The van der Waals surface area contributed by atoms with E-state index >= 15 is 0 Å². The Morgan fingerprint density at radius 3 is 1.12 bits per heavy atom. The Labute approximate surface area is 347 Å². The molecule has 2 aliphatic rings. The van der Waals surface area contributed by atoms with Gasteiger partial charge in [0.05, 0.1) is 22.7 Å². The quantitative estimate of drug-likeness (QED) is 0.175. The molecule has 13 rings (SSSR count). The van der Waals surface area contributed by atoms with Crippen LogP contribution in [0.5, 0.6) is 0 Å². The van der Waals surface area contributed by atoms with Crippen molar-refractivity contribution in [1.82, 2.24) is 0 Å². The number of para-hydroxylation sites is 2. The maximum Gasteiger partial charge on any atom is 0.159 e. The highest BCUT2D eigenvalue weighted by Gasteiger charge is 2.41. The van der Waals surface area contributed by atoms with E-state index in [0.717, 1.165) is 66.6 Å². The van der Waals surface area contributed by atoms with E-state index in [1.165, 1.54) is 55.2 Å². The van der Waals surface area contributed by atoms with Crippen molar-refractivity contribution in [1.29, 1.82) is 0 Å². The fourth-order valence-corrected chi connectivity index (χ4v) is 10.6. The summed E-state index contributed by atoms with van der Waals surface area (Å²) in [5.41, 5.74) is 14.7. The summed E-state index contributed by atoms with van der Waals surface area (Å²) in [6.07, 6.45) is 0. The lowest BCUT2D eigenvalue weighted by molar-refractivity contribution is 0.624. The van der Waals surface area contributed by atoms with Gasteiger partial charge in [-0.05, 0) is 104 Å². The minimum atomic E-state index is -0.278. The van der Waals surface area contributed by atoms with Gasteiger partial charge in [-0.15, -0.1) is 0 Å². The summed E-state index contributed by atoms with van der Waals surface area (Å²) in [6, 6.07) is 61.8. The molecule has 2 aromatic heterocycles. The van der Waals surface area contributed by atoms with Gasteiger partial charge in [-0.3, -0.25) is 0 Å². The molecule has 0 unspecified atom stereocenters. The average Bonchev–Trinajstić information content (AvgIpc) is 3.83. The molecule has 0 atom stereocenters. The summed E-state index contributed by atoms with van der Waals surface area (Å²) in [7, 11) is 0. The number of hydrogen-bond donors (Lipinski definition) is 0. The topological polar surface area (TPSA) is 32.8 Å². The fourth-order valence-electron chi connectivity index (χ4n) is 10.6. The third-order valence-electron chi connectivity index (χ3n) is 13.7. The first kappa shape index (κ1) is 33.6. The van der Waals surface area contributed by atoms with Crippen LogP contribution < -0.4 is 9.80 Å². The molecule has 0 saturated carbocycles. The smallest absolute Gasteiger partial charge is 0.159 e. The van der Waals surface area contributed by atoms with Gasteiger partial charge in [0.2, 0.25) is 0 Å². The number of nitrogens with zero attached hydrogens (tertiary/aromatic N) is 2. The van der Waals surface area contributed by atoms with Crippen LogP contribution in [0.3, 0.4) is 0 Å². The second-order valence-electron chi connectivity index (χ2n) is 17.8. The molecule has 0 N–H and O–H groups in total. The molecular weight excluding hydrogens is 733 g/mol. The molecule has 0 amide bonds. The predicted octanol–water partition coefficient (Wildman–Crippen LogP) is 16.0. The molecule has 4 heterocycles. The van der Waals surface area contributed by atoms with Crippen molar-refractivity contribution in [2.75, 3.05) is 9.80 Å². The van der Waals surface area contributed by atoms with Crippen molar-refractivity contribution in [3.05, 3.63) is 192 Å². The lowest BCUT2D eigenvalue weighted by atomic mass is 9.72. The second-order valence-corrected chi connectivity index (χ2v) is 17.8. The van der Waals surface area contributed by atoms with Crippen LogP contribution in [0.2, 0.25) is 0 Å². The van der Waals surface area contributed by atoms with Gasteiger partial charge in [-0.25, -0.2) is 0 Å². The number of furan rings is 2. The summed E-state index contributed by atoms with van der Waals surface area (Å²) >= 11 is 0. The molecule has 11 aromatic rings. The van der Waals surface area contributed by atoms with E-state index < -0.39 is 0 Å². The third-order valence-corrected chi connectivity index (χ3v) is 13.7. The molecule has 286 valence electrons. The van der Waals surface area contributed by atoms with Crippen LogP contribution in [0.15, 0.2) is 179 Å². The van der Waals surface area contributed by atoms with Crippen LogP contribution in [0.1, 0.15) is 49.9 Å². The monoisotopic (exact) mass is 772 g/mol. The average molecular weight is 773 g/mol. The minimum Gasteiger partial charge on any atom is -0.454 e. The highest BCUT2D eigenvalue weighted by molar-refractivity contribution is 6.20. The van der Waals surface area contributed by atoms with Gasteiger partial charge >= 0.3 is 0 Å². The van der Waals surface area contributed by atoms with Crippen molar-refractivity contribution in [3.63, 3.8) is 0 Å². The number of anilines is 6. The predicted molar refractivity (Wildman–Crippen MR) is 250 cm³/mol. The highest BCUT2D eigenvalue weighted by Crippen LogP contribution is 2.58. The lowest BCUT2D eigenvalue weighted by Gasteiger charge is -2.42. The molecule has 60 heavy (non-hydrogen) atoms. The Morgan fingerprint density at radius 2 is 0.717 bits per heavy atom. The third kappa shape index (κ3) is 4.40. The number of benzene rings is 9. The Kier molecular flexibility index (Phi) is 6.55. The van der Waals surface area contributed by atoms with Crippen LogP contribution in [0.25, 0.3) is 65.4 Å². The normalized spacial score (nSPS) is 15.2. The summed E-state index contributed by atoms with van der Waals surface area (Å²) in [4.78, 5) is 4.83. The van der Waals surface area contributed by atoms with Crippen LogP contribution in [-0.4, -0.2) is 0 Å². The fraction of sp³-hybridized carbons (Fsp3) is 0.107. The summed E-state index contributed by atoms with van der Waals surface area (Å²) < 4.78 is 14.3. The molecule has 4 nitrogen and oxygen atoms in total. The SMILES string of the molecule is CC1(C)c2cc3ccccc3cc2N(c2ccccc2)c2c1ccc1c2oc2cc3c(cc21)oc1c2c(ccc13)C(C)(C)c1cc3ccccc3cc1N2c1ccccc1. The van der Waals surface area contributed by atoms with Crippen molar-refractivity contribution in [2.24, 2.45) is 0 Å². The van der Waals surface area contributed by atoms with E-state index in [9.17, 15) is 0 Å². The first-order valence-corrected chi connectivity index (χ1v) is 20.9. The second kappa shape index (κ2) is 11.7.